The molecule has 3 atom stereocenters. The van der Waals surface area contributed by atoms with Crippen molar-refractivity contribution in [2.24, 2.45) is 5.92 Å². The molecule has 1 aromatic heterocycles. The number of nitrogens with zero attached hydrogens (tertiary/aromatic N) is 2. The van der Waals surface area contributed by atoms with Gasteiger partial charge in [-0.25, -0.2) is 9.78 Å². The SMILES string of the molecule is Cc1nc(C)c(C(=O)N2[C@@H]3CCCC[C@@H]3C[C@H]2C(=O)O)s1. The predicted octanol–water partition coefficient (Wildman–Crippen LogP) is 2.62. The van der Waals surface area contributed by atoms with Crippen LogP contribution in [0.1, 0.15) is 52.5 Å². The second-order valence-corrected chi connectivity index (χ2v) is 7.26. The summed E-state index contributed by atoms with van der Waals surface area (Å²) in [5.74, 6) is -0.672. The van der Waals surface area contributed by atoms with Crippen molar-refractivity contribution in [2.45, 2.75) is 58.0 Å². The average molecular weight is 308 g/mol. The first-order valence-corrected chi connectivity index (χ1v) is 8.30. The summed E-state index contributed by atoms with van der Waals surface area (Å²) >= 11 is 1.37. The van der Waals surface area contributed by atoms with Crippen molar-refractivity contribution in [1.29, 1.82) is 0 Å². The van der Waals surface area contributed by atoms with Crippen LogP contribution in [0.3, 0.4) is 0 Å². The van der Waals surface area contributed by atoms with E-state index < -0.39 is 12.0 Å². The Hall–Kier alpha value is -1.43. The van der Waals surface area contributed by atoms with Crippen molar-refractivity contribution in [3.8, 4) is 0 Å². The van der Waals surface area contributed by atoms with Gasteiger partial charge >= 0.3 is 5.97 Å². The van der Waals surface area contributed by atoms with E-state index in [4.69, 9.17) is 0 Å². The van der Waals surface area contributed by atoms with E-state index in [-0.39, 0.29) is 11.9 Å². The Kier molecular flexibility index (Phi) is 3.73. The van der Waals surface area contributed by atoms with Gasteiger partial charge in [0.15, 0.2) is 0 Å². The van der Waals surface area contributed by atoms with E-state index in [1.165, 1.54) is 11.3 Å². The molecule has 1 N–H and O–H groups in total. The van der Waals surface area contributed by atoms with Crippen LogP contribution >= 0.6 is 11.3 Å². The Labute approximate surface area is 128 Å². The topological polar surface area (TPSA) is 70.5 Å². The van der Waals surface area contributed by atoms with Gasteiger partial charge in [-0.3, -0.25) is 4.79 Å². The zero-order valence-electron chi connectivity index (χ0n) is 12.3. The molecule has 0 spiro atoms. The molecule has 1 saturated heterocycles. The maximum absolute atomic E-state index is 12.9. The van der Waals surface area contributed by atoms with Gasteiger partial charge in [0, 0.05) is 6.04 Å². The van der Waals surface area contributed by atoms with Crippen LogP contribution in [0.2, 0.25) is 0 Å². The molecule has 2 heterocycles. The zero-order chi connectivity index (χ0) is 15.1. The van der Waals surface area contributed by atoms with Crippen LogP contribution in [0, 0.1) is 19.8 Å². The lowest BCUT2D eigenvalue weighted by atomic mass is 9.85. The fourth-order valence-corrected chi connectivity index (χ4v) is 4.68. The number of likely N-dealkylation sites (tertiary alicyclic amines) is 1. The van der Waals surface area contributed by atoms with E-state index in [0.717, 1.165) is 30.7 Å². The maximum Gasteiger partial charge on any atom is 0.326 e. The van der Waals surface area contributed by atoms with Crippen molar-refractivity contribution in [3.63, 3.8) is 0 Å². The van der Waals surface area contributed by atoms with Crippen LogP contribution in [-0.2, 0) is 4.79 Å². The van der Waals surface area contributed by atoms with Gasteiger partial charge < -0.3 is 10.0 Å². The second-order valence-electron chi connectivity index (χ2n) is 6.06. The lowest BCUT2D eigenvalue weighted by Crippen LogP contribution is -2.46. The number of carbonyl (C=O) groups excluding carboxylic acids is 1. The van der Waals surface area contributed by atoms with Crippen molar-refractivity contribution in [1.82, 2.24) is 9.88 Å². The Morgan fingerprint density at radius 2 is 2.00 bits per heavy atom. The summed E-state index contributed by atoms with van der Waals surface area (Å²) in [5, 5.41) is 10.3. The highest BCUT2D eigenvalue weighted by Gasteiger charge is 2.48. The molecule has 1 amide bonds. The first-order chi connectivity index (χ1) is 9.99. The normalized spacial score (nSPS) is 28.5. The molecule has 21 heavy (non-hydrogen) atoms. The number of carboxylic acids is 1. The van der Waals surface area contributed by atoms with Crippen molar-refractivity contribution in [3.05, 3.63) is 15.6 Å². The molecule has 114 valence electrons. The third-order valence-corrected chi connectivity index (χ3v) is 5.77. The third-order valence-electron chi connectivity index (χ3n) is 4.71. The third kappa shape index (κ3) is 2.46. The van der Waals surface area contributed by atoms with Crippen LogP contribution in [0.25, 0.3) is 0 Å². The van der Waals surface area contributed by atoms with Gasteiger partial charge in [0.2, 0.25) is 0 Å². The lowest BCUT2D eigenvalue weighted by Gasteiger charge is -2.32. The zero-order valence-corrected chi connectivity index (χ0v) is 13.2. The smallest absolute Gasteiger partial charge is 0.326 e. The minimum absolute atomic E-state index is 0.0918. The van der Waals surface area contributed by atoms with Crippen LogP contribution in [0.15, 0.2) is 0 Å². The first kappa shape index (κ1) is 14.5. The molecule has 5 nitrogen and oxygen atoms in total. The molecule has 0 unspecified atom stereocenters. The minimum atomic E-state index is -0.878. The summed E-state index contributed by atoms with van der Waals surface area (Å²) < 4.78 is 0. The quantitative estimate of drug-likeness (QED) is 0.911. The van der Waals surface area contributed by atoms with Gasteiger partial charge in [0.25, 0.3) is 5.91 Å². The van der Waals surface area contributed by atoms with Gasteiger partial charge in [-0.2, -0.15) is 0 Å². The molecule has 2 aliphatic rings. The molecule has 1 saturated carbocycles. The summed E-state index contributed by atoms with van der Waals surface area (Å²) in [6, 6.07) is -0.582. The van der Waals surface area contributed by atoms with E-state index >= 15 is 0 Å². The average Bonchev–Trinajstić information content (AvgIpc) is 2.98. The van der Waals surface area contributed by atoms with Gasteiger partial charge in [0.05, 0.1) is 10.7 Å². The number of aromatic nitrogens is 1. The molecular formula is C15H20N2O3S. The van der Waals surface area contributed by atoms with E-state index in [0.29, 0.717) is 22.9 Å². The van der Waals surface area contributed by atoms with E-state index in [9.17, 15) is 14.7 Å². The van der Waals surface area contributed by atoms with Gasteiger partial charge in [-0.15, -0.1) is 11.3 Å². The van der Waals surface area contributed by atoms with Gasteiger partial charge in [-0.1, -0.05) is 12.8 Å². The highest BCUT2D eigenvalue weighted by Crippen LogP contribution is 2.41. The second kappa shape index (κ2) is 5.40. The molecule has 0 aromatic carbocycles. The lowest BCUT2D eigenvalue weighted by molar-refractivity contribution is -0.141. The van der Waals surface area contributed by atoms with Gasteiger partial charge in [-0.05, 0) is 39.0 Å². The van der Waals surface area contributed by atoms with E-state index in [1.54, 1.807) is 4.90 Å². The number of rotatable bonds is 2. The fourth-order valence-electron chi connectivity index (χ4n) is 3.82. The summed E-state index contributed by atoms with van der Waals surface area (Å²) in [6.45, 7) is 3.69. The monoisotopic (exact) mass is 308 g/mol. The molecule has 0 bridgehead atoms. The van der Waals surface area contributed by atoms with Crippen LogP contribution in [-0.4, -0.2) is 39.0 Å². The predicted molar refractivity (Wildman–Crippen MR) is 79.5 cm³/mol. The number of aliphatic carboxylic acids is 1. The number of thiazole rings is 1. The number of fused-ring (bicyclic) bond motifs is 1. The summed E-state index contributed by atoms with van der Waals surface area (Å²) in [5.41, 5.74) is 0.714. The van der Waals surface area contributed by atoms with E-state index in [1.807, 2.05) is 13.8 Å². The number of hydrogen-bond acceptors (Lipinski definition) is 4. The molecule has 3 rings (SSSR count). The minimum Gasteiger partial charge on any atom is -0.480 e. The Bertz CT molecular complexity index is 583. The number of carbonyl (C=O) groups is 2. The first-order valence-electron chi connectivity index (χ1n) is 7.48. The summed E-state index contributed by atoms with van der Waals surface area (Å²) in [6.07, 6.45) is 4.80. The fraction of sp³-hybridized carbons (Fsp3) is 0.667. The Morgan fingerprint density at radius 3 is 2.62 bits per heavy atom. The van der Waals surface area contributed by atoms with Crippen LogP contribution < -0.4 is 0 Å². The molecular weight excluding hydrogens is 288 g/mol. The number of hydrogen-bond donors (Lipinski definition) is 1. The van der Waals surface area contributed by atoms with Crippen LogP contribution in [0.5, 0.6) is 0 Å². The highest BCUT2D eigenvalue weighted by molar-refractivity contribution is 7.13. The molecule has 1 aromatic rings. The molecule has 1 aliphatic carbocycles. The number of aryl methyl sites for hydroxylation is 2. The Morgan fingerprint density at radius 1 is 1.29 bits per heavy atom. The molecule has 2 fully saturated rings. The van der Waals surface area contributed by atoms with Crippen molar-refractivity contribution >= 4 is 23.2 Å². The summed E-state index contributed by atoms with van der Waals surface area (Å²) in [7, 11) is 0. The molecule has 1 aliphatic heterocycles. The number of carboxylic acid groups (broad SMARTS) is 1. The van der Waals surface area contributed by atoms with Crippen molar-refractivity contribution in [2.75, 3.05) is 0 Å². The maximum atomic E-state index is 12.9. The Balaban J connectivity index is 1.94. The standard InChI is InChI=1S/C15H20N2O3S/c1-8-13(21-9(2)16-8)14(18)17-11-6-4-3-5-10(11)7-12(17)15(19)20/h10-12H,3-7H2,1-2H3,(H,19,20)/t10-,11-,12+/m1/s1. The van der Waals surface area contributed by atoms with Gasteiger partial charge in [0.1, 0.15) is 10.9 Å². The largest absolute Gasteiger partial charge is 0.480 e. The molecule has 6 heteroatoms. The summed E-state index contributed by atoms with van der Waals surface area (Å²) in [4.78, 5) is 31.0. The van der Waals surface area contributed by atoms with E-state index in [2.05, 4.69) is 4.98 Å². The molecule has 0 radical (unpaired) electrons. The van der Waals surface area contributed by atoms with Crippen molar-refractivity contribution < 1.29 is 14.7 Å². The highest BCUT2D eigenvalue weighted by atomic mass is 32.1. The number of amides is 1. The van der Waals surface area contributed by atoms with Crippen LogP contribution in [0.4, 0.5) is 0 Å².